The molecule has 61 heavy (non-hydrogen) atoms. The Morgan fingerprint density at radius 1 is 0.803 bits per heavy atom. The van der Waals surface area contributed by atoms with E-state index in [9.17, 15) is 13.6 Å². The fraction of sp³-hybridized carbons (Fsp3) is 0.360. The second kappa shape index (κ2) is 18.2. The van der Waals surface area contributed by atoms with Crippen molar-refractivity contribution in [1.29, 1.82) is 0 Å². The van der Waals surface area contributed by atoms with Crippen molar-refractivity contribution in [3.63, 3.8) is 0 Å². The van der Waals surface area contributed by atoms with Gasteiger partial charge in [-0.2, -0.15) is 0 Å². The Morgan fingerprint density at radius 3 is 2.03 bits per heavy atom. The third-order valence-corrected chi connectivity index (χ3v) is 12.6. The molecule has 3 atom stereocenters. The average molecular weight is 827 g/mol. The van der Waals surface area contributed by atoms with Gasteiger partial charge in [0.05, 0.1) is 24.4 Å². The maximum absolute atomic E-state index is 13.8. The molecule has 3 unspecified atom stereocenters. The van der Waals surface area contributed by atoms with Crippen LogP contribution in [0, 0.1) is 23.0 Å². The molecule has 3 N–H and O–H groups in total. The second-order valence-corrected chi connectivity index (χ2v) is 17.3. The molecule has 11 heteroatoms. The highest BCUT2D eigenvalue weighted by atomic mass is 19.1. The van der Waals surface area contributed by atoms with Crippen LogP contribution in [0.2, 0.25) is 0 Å². The van der Waals surface area contributed by atoms with E-state index >= 15 is 0 Å². The number of rotatable bonds is 17. The molecule has 8 rings (SSSR count). The largest absolute Gasteiger partial charge is 0.493 e. The van der Waals surface area contributed by atoms with Crippen LogP contribution in [0.25, 0.3) is 44.1 Å². The number of amides is 1. The summed E-state index contributed by atoms with van der Waals surface area (Å²) in [6.45, 7) is 14.1. The van der Waals surface area contributed by atoms with Crippen LogP contribution in [0.4, 0.5) is 14.5 Å². The van der Waals surface area contributed by atoms with Gasteiger partial charge >= 0.3 is 0 Å². The molecule has 2 aliphatic rings. The number of hydrogen-bond acceptors (Lipinski definition) is 7. The summed E-state index contributed by atoms with van der Waals surface area (Å²) in [5.41, 5.74) is 7.37. The van der Waals surface area contributed by atoms with E-state index in [0.29, 0.717) is 41.9 Å². The molecule has 1 fully saturated rings. The molecule has 3 heterocycles. The highest BCUT2D eigenvalue weighted by Crippen LogP contribution is 2.40. The van der Waals surface area contributed by atoms with E-state index in [1.165, 1.54) is 24.3 Å². The van der Waals surface area contributed by atoms with E-state index in [2.05, 4.69) is 89.6 Å². The molecule has 0 bridgehead atoms. The Bertz CT molecular complexity index is 2430. The molecule has 9 nitrogen and oxygen atoms in total. The molecule has 0 saturated carbocycles. The smallest absolute Gasteiger partial charge is 0.256 e. The number of methoxy groups -OCH3 is 1. The van der Waals surface area contributed by atoms with Crippen LogP contribution in [-0.4, -0.2) is 80.2 Å². The fourth-order valence-electron chi connectivity index (χ4n) is 8.48. The number of benzene rings is 5. The third-order valence-electron chi connectivity index (χ3n) is 12.6. The standard InChI is InChI=1S/C50H56F2N6O3/c1-32(27-53-20-21-54-31-56-33(2)29-61-48-26-44-43(25-47(48)60-5)49(59)57-22-6-7-40(57)28-55-44)50(3,4)30-58-45-18-12-36(34-8-14-38(51)15-9-34)23-41(45)42-24-37(13-19-46(42)58)35-10-16-39(52)17-11-35/h8-19,23-26,28,32-33,40,53-54,56H,6-7,20-22,27,29-31H2,1-5H3. The molecule has 1 amide bonds. The van der Waals surface area contributed by atoms with Gasteiger partial charge in [0.2, 0.25) is 0 Å². The lowest BCUT2D eigenvalue weighted by molar-refractivity contribution is 0.0774. The van der Waals surface area contributed by atoms with E-state index in [-0.39, 0.29) is 35.0 Å². The minimum atomic E-state index is -0.256. The first-order valence-corrected chi connectivity index (χ1v) is 21.4. The van der Waals surface area contributed by atoms with Crippen LogP contribution < -0.4 is 25.4 Å². The molecule has 0 aliphatic carbocycles. The first kappa shape index (κ1) is 42.1. The van der Waals surface area contributed by atoms with Crippen molar-refractivity contribution in [3.8, 4) is 33.8 Å². The number of halogens is 2. The molecule has 0 radical (unpaired) electrons. The highest BCUT2D eigenvalue weighted by Gasteiger charge is 2.33. The Kier molecular flexibility index (Phi) is 12.5. The average Bonchev–Trinajstić information content (AvgIpc) is 3.83. The number of carbonyl (C=O) groups excluding carboxylic acids is 1. The Hall–Kier alpha value is -5.62. The predicted octanol–water partition coefficient (Wildman–Crippen LogP) is 9.59. The zero-order chi connectivity index (χ0) is 42.7. The van der Waals surface area contributed by atoms with Crippen LogP contribution in [0.3, 0.4) is 0 Å². The number of nitrogens with one attached hydrogen (secondary N) is 3. The van der Waals surface area contributed by atoms with Gasteiger partial charge in [-0.3, -0.25) is 15.1 Å². The molecule has 5 aromatic carbocycles. The minimum absolute atomic E-state index is 0.00695. The number of aliphatic imine (C=N–C) groups is 1. The second-order valence-electron chi connectivity index (χ2n) is 17.3. The fourth-order valence-corrected chi connectivity index (χ4v) is 8.48. The van der Waals surface area contributed by atoms with Gasteiger partial charge in [0.15, 0.2) is 11.5 Å². The molecular weight excluding hydrogens is 771 g/mol. The van der Waals surface area contributed by atoms with Crippen molar-refractivity contribution in [2.45, 2.75) is 59.2 Å². The summed E-state index contributed by atoms with van der Waals surface area (Å²) in [6, 6.07) is 30.0. The third kappa shape index (κ3) is 9.20. The van der Waals surface area contributed by atoms with Crippen molar-refractivity contribution in [2.75, 3.05) is 46.6 Å². The number of hydrogen-bond donors (Lipinski definition) is 3. The molecule has 2 aliphatic heterocycles. The van der Waals surface area contributed by atoms with Crippen molar-refractivity contribution >= 4 is 39.6 Å². The molecule has 1 saturated heterocycles. The lowest BCUT2D eigenvalue weighted by Crippen LogP contribution is -2.41. The Morgan fingerprint density at radius 2 is 1.41 bits per heavy atom. The van der Waals surface area contributed by atoms with E-state index in [4.69, 9.17) is 9.47 Å². The molecule has 6 aromatic rings. The lowest BCUT2D eigenvalue weighted by atomic mass is 9.79. The summed E-state index contributed by atoms with van der Waals surface area (Å²) in [6.07, 6.45) is 3.81. The first-order chi connectivity index (χ1) is 29.5. The summed E-state index contributed by atoms with van der Waals surface area (Å²) in [5.74, 6) is 0.937. The van der Waals surface area contributed by atoms with Crippen molar-refractivity contribution in [1.82, 2.24) is 25.4 Å². The van der Waals surface area contributed by atoms with Gasteiger partial charge in [-0.05, 0) is 114 Å². The SMILES string of the molecule is COc1cc2c(cc1OCC(C)NCNCCNCC(C)C(C)(C)Cn1c3ccc(-c4ccc(F)cc4)cc3c3cc(-c4ccc(F)cc4)ccc31)N=CC1CCCN1C2=O. The monoisotopic (exact) mass is 826 g/mol. The van der Waals surface area contributed by atoms with E-state index in [0.717, 1.165) is 89.6 Å². The molecular formula is C50H56F2N6O3. The van der Waals surface area contributed by atoms with Crippen LogP contribution in [0.5, 0.6) is 11.5 Å². The lowest BCUT2D eigenvalue weighted by Gasteiger charge is -2.33. The van der Waals surface area contributed by atoms with Gasteiger partial charge in [-0.15, -0.1) is 0 Å². The minimum Gasteiger partial charge on any atom is -0.493 e. The summed E-state index contributed by atoms with van der Waals surface area (Å²) >= 11 is 0. The maximum atomic E-state index is 13.8. The predicted molar refractivity (Wildman–Crippen MR) is 242 cm³/mol. The number of nitrogens with zero attached hydrogens (tertiary/aromatic N) is 3. The summed E-state index contributed by atoms with van der Waals surface area (Å²) in [5, 5.41) is 12.9. The quantitative estimate of drug-likeness (QED) is 0.0627. The van der Waals surface area contributed by atoms with Gasteiger partial charge in [0, 0.05) is 73.0 Å². The number of aromatic nitrogens is 1. The zero-order valence-corrected chi connectivity index (χ0v) is 35.7. The number of fused-ring (bicyclic) bond motifs is 5. The first-order valence-electron chi connectivity index (χ1n) is 21.4. The van der Waals surface area contributed by atoms with Gasteiger partial charge in [0.25, 0.3) is 5.91 Å². The Balaban J connectivity index is 0.848. The molecule has 0 spiro atoms. The van der Waals surface area contributed by atoms with Crippen molar-refractivity contribution < 1.29 is 23.0 Å². The highest BCUT2D eigenvalue weighted by molar-refractivity contribution is 6.10. The van der Waals surface area contributed by atoms with Gasteiger partial charge in [-0.25, -0.2) is 8.78 Å². The Labute approximate surface area is 357 Å². The van der Waals surface area contributed by atoms with Crippen molar-refractivity contribution in [2.24, 2.45) is 16.3 Å². The molecule has 1 aromatic heterocycles. The summed E-state index contributed by atoms with van der Waals surface area (Å²) in [4.78, 5) is 19.7. The maximum Gasteiger partial charge on any atom is 0.256 e. The van der Waals surface area contributed by atoms with Crippen LogP contribution in [0.1, 0.15) is 50.9 Å². The van der Waals surface area contributed by atoms with Crippen LogP contribution >= 0.6 is 0 Å². The van der Waals surface area contributed by atoms with Gasteiger partial charge in [0.1, 0.15) is 18.2 Å². The van der Waals surface area contributed by atoms with Crippen LogP contribution in [0.15, 0.2) is 102 Å². The van der Waals surface area contributed by atoms with Crippen LogP contribution in [-0.2, 0) is 6.54 Å². The zero-order valence-electron chi connectivity index (χ0n) is 35.7. The number of carbonyl (C=O) groups is 1. The molecule has 318 valence electrons. The topological polar surface area (TPSA) is 92.2 Å². The van der Waals surface area contributed by atoms with E-state index in [1.807, 2.05) is 41.4 Å². The van der Waals surface area contributed by atoms with Gasteiger partial charge < -0.3 is 29.6 Å². The summed E-state index contributed by atoms with van der Waals surface area (Å²) in [7, 11) is 1.59. The number of ether oxygens (including phenoxy) is 2. The van der Waals surface area contributed by atoms with Gasteiger partial charge in [-0.1, -0.05) is 57.2 Å². The van der Waals surface area contributed by atoms with E-state index in [1.54, 1.807) is 13.2 Å². The van der Waals surface area contributed by atoms with E-state index < -0.39 is 0 Å². The summed E-state index contributed by atoms with van der Waals surface area (Å²) < 4.78 is 41.8. The normalized spacial score (nSPS) is 16.1. The van der Waals surface area contributed by atoms with Crippen molar-refractivity contribution in [3.05, 3.63) is 114 Å².